The van der Waals surface area contributed by atoms with E-state index in [1.807, 2.05) is 24.4 Å². The number of carbonyl (C=O) groups is 1. The number of carbonyl (C=O) groups excluding carboxylic acids is 1. The molecular formula is C11H17ClN2O2S. The highest BCUT2D eigenvalue weighted by Gasteiger charge is 2.27. The average molecular weight is 277 g/mol. The molecule has 2 N–H and O–H groups in total. The SMILES string of the molecule is C[C@H]1OCCN[C@@H]1C(=O)NCc1cccs1.Cl. The van der Waals surface area contributed by atoms with Gasteiger partial charge < -0.3 is 15.4 Å². The van der Waals surface area contributed by atoms with Crippen LogP contribution in [-0.4, -0.2) is 31.2 Å². The lowest BCUT2D eigenvalue weighted by molar-refractivity contribution is -0.129. The molecule has 1 aromatic heterocycles. The van der Waals surface area contributed by atoms with Crippen molar-refractivity contribution in [2.45, 2.75) is 25.6 Å². The predicted octanol–water partition coefficient (Wildman–Crippen LogP) is 1.16. The molecule has 0 radical (unpaired) electrons. The maximum absolute atomic E-state index is 11.9. The van der Waals surface area contributed by atoms with Crippen molar-refractivity contribution in [2.24, 2.45) is 0 Å². The number of rotatable bonds is 3. The van der Waals surface area contributed by atoms with E-state index in [2.05, 4.69) is 10.6 Å². The quantitative estimate of drug-likeness (QED) is 0.871. The van der Waals surface area contributed by atoms with Crippen LogP contribution in [0.4, 0.5) is 0 Å². The van der Waals surface area contributed by atoms with Gasteiger partial charge in [0, 0.05) is 11.4 Å². The Morgan fingerprint density at radius 2 is 2.53 bits per heavy atom. The van der Waals surface area contributed by atoms with E-state index in [4.69, 9.17) is 4.74 Å². The number of amides is 1. The summed E-state index contributed by atoms with van der Waals surface area (Å²) in [5.74, 6) is 0.0144. The predicted molar refractivity (Wildman–Crippen MR) is 70.6 cm³/mol. The largest absolute Gasteiger partial charge is 0.375 e. The first-order valence-electron chi connectivity index (χ1n) is 5.42. The Balaban J connectivity index is 0.00000144. The Hall–Kier alpha value is -0.620. The summed E-state index contributed by atoms with van der Waals surface area (Å²) in [6, 6.07) is 3.77. The van der Waals surface area contributed by atoms with Gasteiger partial charge in [0.15, 0.2) is 0 Å². The molecule has 0 spiro atoms. The van der Waals surface area contributed by atoms with Gasteiger partial charge in [0.1, 0.15) is 6.04 Å². The first kappa shape index (κ1) is 14.4. The fourth-order valence-corrected chi connectivity index (χ4v) is 2.37. The Kier molecular flexibility index (Phi) is 5.91. The zero-order valence-electron chi connectivity index (χ0n) is 9.64. The van der Waals surface area contributed by atoms with Crippen molar-refractivity contribution < 1.29 is 9.53 Å². The molecule has 1 aliphatic rings. The van der Waals surface area contributed by atoms with Gasteiger partial charge in [0.05, 0.1) is 19.3 Å². The van der Waals surface area contributed by atoms with Gasteiger partial charge >= 0.3 is 0 Å². The monoisotopic (exact) mass is 276 g/mol. The minimum Gasteiger partial charge on any atom is -0.375 e. The molecule has 1 aliphatic heterocycles. The molecule has 0 saturated carbocycles. The molecule has 2 atom stereocenters. The molecule has 1 saturated heterocycles. The second kappa shape index (κ2) is 6.96. The summed E-state index contributed by atoms with van der Waals surface area (Å²) in [4.78, 5) is 13.0. The van der Waals surface area contributed by atoms with Crippen LogP contribution in [0.5, 0.6) is 0 Å². The van der Waals surface area contributed by atoms with E-state index >= 15 is 0 Å². The highest BCUT2D eigenvalue weighted by molar-refractivity contribution is 7.09. The van der Waals surface area contributed by atoms with Gasteiger partial charge in [-0.15, -0.1) is 23.7 Å². The molecule has 4 nitrogen and oxygen atoms in total. The van der Waals surface area contributed by atoms with Crippen LogP contribution in [0.1, 0.15) is 11.8 Å². The van der Waals surface area contributed by atoms with Gasteiger partial charge in [0.25, 0.3) is 0 Å². The summed E-state index contributed by atoms with van der Waals surface area (Å²) in [7, 11) is 0. The third-order valence-corrected chi connectivity index (χ3v) is 3.49. The highest BCUT2D eigenvalue weighted by Crippen LogP contribution is 2.08. The van der Waals surface area contributed by atoms with Gasteiger partial charge in [-0.05, 0) is 18.4 Å². The van der Waals surface area contributed by atoms with E-state index in [-0.39, 0.29) is 30.5 Å². The molecule has 0 unspecified atom stereocenters. The molecule has 0 bridgehead atoms. The average Bonchev–Trinajstić information content (AvgIpc) is 2.79. The number of hydrogen-bond acceptors (Lipinski definition) is 4. The number of hydrogen-bond donors (Lipinski definition) is 2. The van der Waals surface area contributed by atoms with Crippen molar-refractivity contribution in [3.05, 3.63) is 22.4 Å². The first-order chi connectivity index (χ1) is 7.77. The molecule has 6 heteroatoms. The molecule has 0 aliphatic carbocycles. The van der Waals surface area contributed by atoms with Gasteiger partial charge in [-0.2, -0.15) is 0 Å². The third-order valence-electron chi connectivity index (χ3n) is 2.62. The lowest BCUT2D eigenvalue weighted by atomic mass is 10.1. The molecule has 17 heavy (non-hydrogen) atoms. The maximum Gasteiger partial charge on any atom is 0.240 e. The van der Waals surface area contributed by atoms with Crippen LogP contribution in [0.15, 0.2) is 17.5 Å². The van der Waals surface area contributed by atoms with Crippen molar-refractivity contribution >= 4 is 29.7 Å². The van der Waals surface area contributed by atoms with E-state index < -0.39 is 0 Å². The second-order valence-electron chi connectivity index (χ2n) is 3.80. The normalized spacial score (nSPS) is 23.8. The zero-order chi connectivity index (χ0) is 11.4. The molecular weight excluding hydrogens is 260 g/mol. The maximum atomic E-state index is 11.9. The van der Waals surface area contributed by atoms with E-state index in [1.165, 1.54) is 0 Å². The van der Waals surface area contributed by atoms with Crippen molar-refractivity contribution in [1.29, 1.82) is 0 Å². The zero-order valence-corrected chi connectivity index (χ0v) is 11.3. The van der Waals surface area contributed by atoms with Crippen LogP contribution >= 0.6 is 23.7 Å². The minimum atomic E-state index is -0.228. The van der Waals surface area contributed by atoms with Gasteiger partial charge in [0.2, 0.25) is 5.91 Å². The summed E-state index contributed by atoms with van der Waals surface area (Å²) in [6.45, 7) is 3.93. The van der Waals surface area contributed by atoms with E-state index in [1.54, 1.807) is 11.3 Å². The van der Waals surface area contributed by atoms with Crippen LogP contribution in [0, 0.1) is 0 Å². The topological polar surface area (TPSA) is 50.4 Å². The van der Waals surface area contributed by atoms with Crippen molar-refractivity contribution in [2.75, 3.05) is 13.2 Å². The third kappa shape index (κ3) is 3.96. The number of ether oxygens (including phenoxy) is 1. The van der Waals surface area contributed by atoms with E-state index in [0.717, 1.165) is 11.4 Å². The van der Waals surface area contributed by atoms with Gasteiger partial charge in [-0.3, -0.25) is 4.79 Å². The smallest absolute Gasteiger partial charge is 0.240 e. The fraction of sp³-hybridized carbons (Fsp3) is 0.545. The van der Waals surface area contributed by atoms with Gasteiger partial charge in [-0.1, -0.05) is 6.07 Å². The molecule has 2 heterocycles. The summed E-state index contributed by atoms with van der Waals surface area (Å²) in [5.41, 5.74) is 0. The first-order valence-corrected chi connectivity index (χ1v) is 6.30. The molecule has 1 aromatic rings. The van der Waals surface area contributed by atoms with Crippen LogP contribution in [0.3, 0.4) is 0 Å². The van der Waals surface area contributed by atoms with E-state index in [0.29, 0.717) is 13.2 Å². The Labute approximate surface area is 111 Å². The minimum absolute atomic E-state index is 0. The molecule has 1 fully saturated rings. The fourth-order valence-electron chi connectivity index (χ4n) is 1.72. The summed E-state index contributed by atoms with van der Waals surface area (Å²) >= 11 is 1.65. The van der Waals surface area contributed by atoms with Crippen molar-refractivity contribution in [3.63, 3.8) is 0 Å². The highest BCUT2D eigenvalue weighted by atomic mass is 35.5. The van der Waals surface area contributed by atoms with Gasteiger partial charge in [-0.25, -0.2) is 0 Å². The number of thiophene rings is 1. The Morgan fingerprint density at radius 3 is 3.18 bits per heavy atom. The van der Waals surface area contributed by atoms with Crippen LogP contribution < -0.4 is 10.6 Å². The summed E-state index contributed by atoms with van der Waals surface area (Å²) < 4.78 is 5.43. The Morgan fingerprint density at radius 1 is 1.71 bits per heavy atom. The molecule has 0 aromatic carbocycles. The van der Waals surface area contributed by atoms with E-state index in [9.17, 15) is 4.79 Å². The Bertz CT molecular complexity index is 345. The van der Waals surface area contributed by atoms with Crippen molar-refractivity contribution in [3.8, 4) is 0 Å². The molecule has 2 rings (SSSR count). The van der Waals surface area contributed by atoms with Crippen LogP contribution in [0.25, 0.3) is 0 Å². The van der Waals surface area contributed by atoms with Crippen LogP contribution in [-0.2, 0) is 16.1 Å². The second-order valence-corrected chi connectivity index (χ2v) is 4.84. The summed E-state index contributed by atoms with van der Waals surface area (Å²) in [6.07, 6.45) is -0.0583. The lowest BCUT2D eigenvalue weighted by Crippen LogP contribution is -2.55. The van der Waals surface area contributed by atoms with Crippen LogP contribution in [0.2, 0.25) is 0 Å². The molecule has 1 amide bonds. The summed E-state index contributed by atoms with van der Waals surface area (Å²) in [5, 5.41) is 8.09. The number of halogens is 1. The molecule has 96 valence electrons. The lowest BCUT2D eigenvalue weighted by Gasteiger charge is -2.29. The van der Waals surface area contributed by atoms with Crippen molar-refractivity contribution in [1.82, 2.24) is 10.6 Å². The number of morpholine rings is 1. The standard InChI is InChI=1S/C11H16N2O2S.ClH/c1-8-10(12-4-5-15-8)11(14)13-7-9-3-2-6-16-9;/h2-3,6,8,10,12H,4-5,7H2,1H3,(H,13,14);1H/t8-,10+;/m1./s1. The number of nitrogens with one attached hydrogen (secondary N) is 2.